The van der Waals surface area contributed by atoms with E-state index in [-0.39, 0.29) is 5.75 Å². The highest BCUT2D eigenvalue weighted by Gasteiger charge is 2.38. The van der Waals surface area contributed by atoms with Gasteiger partial charge >= 0.3 is 6.18 Å². The zero-order valence-corrected chi connectivity index (χ0v) is 14.6. The SMILES string of the molecule is COc1ccc(/C(=N\OOOSc2c(F)c(F)c(F)c(F)c2F)C(F)(F)F)cc1. The number of rotatable bonds is 7. The van der Waals surface area contributed by atoms with Crippen molar-refractivity contribution in [2.24, 2.45) is 5.16 Å². The Hall–Kier alpha value is -2.58. The molecule has 29 heavy (non-hydrogen) atoms. The third-order valence-electron chi connectivity index (χ3n) is 3.11. The lowest BCUT2D eigenvalue weighted by Crippen LogP contribution is -2.24. The van der Waals surface area contributed by atoms with Gasteiger partial charge in [-0.15, -0.1) is 4.33 Å². The summed E-state index contributed by atoms with van der Waals surface area (Å²) in [7, 11) is 1.30. The predicted octanol–water partition coefficient (Wildman–Crippen LogP) is 5.24. The molecule has 0 aliphatic carbocycles. The summed E-state index contributed by atoms with van der Waals surface area (Å²) in [5.74, 6) is -11.1. The summed E-state index contributed by atoms with van der Waals surface area (Å²) in [5, 5.41) is 6.37. The van der Waals surface area contributed by atoms with Crippen molar-refractivity contribution in [3.05, 3.63) is 58.9 Å². The second-order valence-corrected chi connectivity index (χ2v) is 5.57. The monoisotopic (exact) mass is 449 g/mol. The molecule has 0 unspecified atom stereocenters. The number of nitrogens with zero attached hydrogens (tertiary/aromatic N) is 1. The van der Waals surface area contributed by atoms with E-state index in [4.69, 9.17) is 4.74 Å². The van der Waals surface area contributed by atoms with Gasteiger partial charge in [0.1, 0.15) is 10.6 Å². The van der Waals surface area contributed by atoms with Crippen molar-refractivity contribution in [2.45, 2.75) is 11.1 Å². The number of hydrogen-bond donors (Lipinski definition) is 0. The lowest BCUT2D eigenvalue weighted by atomic mass is 10.1. The van der Waals surface area contributed by atoms with Gasteiger partial charge in [0.25, 0.3) is 0 Å². The number of benzene rings is 2. The number of methoxy groups -OCH3 is 1. The fourth-order valence-electron chi connectivity index (χ4n) is 1.79. The Labute approximate surface area is 160 Å². The molecule has 0 amide bonds. The van der Waals surface area contributed by atoms with Gasteiger partial charge in [0, 0.05) is 10.6 Å². The van der Waals surface area contributed by atoms with Crippen molar-refractivity contribution in [2.75, 3.05) is 7.11 Å². The van der Waals surface area contributed by atoms with Gasteiger partial charge in [-0.25, -0.2) is 22.0 Å². The van der Waals surface area contributed by atoms with Gasteiger partial charge in [0.05, 0.1) is 19.2 Å². The van der Waals surface area contributed by atoms with Crippen molar-refractivity contribution in [1.82, 2.24) is 0 Å². The molecule has 0 saturated carbocycles. The topological polar surface area (TPSA) is 49.3 Å². The molecule has 2 aromatic carbocycles. The van der Waals surface area contributed by atoms with E-state index in [1.807, 2.05) is 0 Å². The van der Waals surface area contributed by atoms with Gasteiger partial charge in [-0.3, -0.25) is 0 Å². The molecule has 0 saturated heterocycles. The summed E-state index contributed by atoms with van der Waals surface area (Å²) < 4.78 is 113. The quantitative estimate of drug-likeness (QED) is 0.0846. The van der Waals surface area contributed by atoms with E-state index < -0.39 is 63.5 Å². The molecule has 14 heteroatoms. The fourth-order valence-corrected chi connectivity index (χ4v) is 2.23. The Morgan fingerprint density at radius 1 is 0.862 bits per heavy atom. The molecule has 158 valence electrons. The number of hydrogen-bond acceptors (Lipinski definition) is 6. The summed E-state index contributed by atoms with van der Waals surface area (Å²) >= 11 is -0.540. The van der Waals surface area contributed by atoms with Crippen LogP contribution in [0, 0.1) is 29.1 Å². The predicted molar refractivity (Wildman–Crippen MR) is 80.9 cm³/mol. The standard InChI is InChI=1S/C15H7F8NO4S/c1-25-7-4-2-6(3-5-7)14(15(21,22)23)24-26-27-28-29-13-11(19)9(17)8(16)10(18)12(13)20/h2-5H,1H3/b24-14+. The minimum atomic E-state index is -5.01. The van der Waals surface area contributed by atoms with Gasteiger partial charge in [-0.2, -0.15) is 18.2 Å². The maximum atomic E-state index is 13.4. The number of ether oxygens (including phenoxy) is 1. The maximum absolute atomic E-state index is 13.4. The fraction of sp³-hybridized carbons (Fsp3) is 0.133. The van der Waals surface area contributed by atoms with Crippen LogP contribution in [0.1, 0.15) is 5.56 Å². The Morgan fingerprint density at radius 3 is 1.86 bits per heavy atom. The van der Waals surface area contributed by atoms with Crippen LogP contribution in [0.5, 0.6) is 5.75 Å². The summed E-state index contributed by atoms with van der Waals surface area (Å²) in [6.07, 6.45) is -5.01. The van der Waals surface area contributed by atoms with Crippen LogP contribution in [0.15, 0.2) is 34.3 Å². The molecule has 2 rings (SSSR count). The van der Waals surface area contributed by atoms with Gasteiger partial charge in [0.2, 0.25) is 5.82 Å². The Kier molecular flexibility index (Phi) is 7.26. The lowest BCUT2D eigenvalue weighted by Gasteiger charge is -2.10. The second kappa shape index (κ2) is 9.28. The van der Waals surface area contributed by atoms with Crippen molar-refractivity contribution >= 4 is 17.8 Å². The largest absolute Gasteiger partial charge is 0.497 e. The molecule has 0 heterocycles. The first-order valence-corrected chi connectivity index (χ1v) is 7.80. The van der Waals surface area contributed by atoms with Crippen molar-refractivity contribution < 1.29 is 54.2 Å². The third-order valence-corrected chi connectivity index (χ3v) is 3.75. The first kappa shape index (κ1) is 22.7. The van der Waals surface area contributed by atoms with E-state index in [0.717, 1.165) is 12.1 Å². The van der Waals surface area contributed by atoms with E-state index in [2.05, 4.69) is 19.5 Å². The van der Waals surface area contributed by atoms with Crippen molar-refractivity contribution in [3.63, 3.8) is 0 Å². The molecule has 0 fully saturated rings. The van der Waals surface area contributed by atoms with Crippen LogP contribution in [0.3, 0.4) is 0 Å². The van der Waals surface area contributed by atoms with E-state index in [1.54, 1.807) is 0 Å². The van der Waals surface area contributed by atoms with Crippen molar-refractivity contribution in [3.8, 4) is 5.75 Å². The zero-order valence-electron chi connectivity index (χ0n) is 13.8. The summed E-state index contributed by atoms with van der Waals surface area (Å²) in [6.45, 7) is 0. The average Bonchev–Trinajstić information content (AvgIpc) is 2.69. The van der Waals surface area contributed by atoms with Crippen LogP contribution in [0.4, 0.5) is 35.1 Å². The van der Waals surface area contributed by atoms with Crippen LogP contribution in [0.25, 0.3) is 0 Å². The highest BCUT2D eigenvalue weighted by atomic mass is 32.2. The molecular weight excluding hydrogens is 442 g/mol. The minimum Gasteiger partial charge on any atom is -0.497 e. The highest BCUT2D eigenvalue weighted by Crippen LogP contribution is 2.31. The smallest absolute Gasteiger partial charge is 0.437 e. The molecule has 0 bridgehead atoms. The summed E-state index contributed by atoms with van der Waals surface area (Å²) in [4.78, 5) is 2.29. The van der Waals surface area contributed by atoms with Crippen LogP contribution >= 0.6 is 12.0 Å². The summed E-state index contributed by atoms with van der Waals surface area (Å²) in [6, 6.07) is 4.40. The van der Waals surface area contributed by atoms with Gasteiger partial charge < -0.3 is 4.74 Å². The van der Waals surface area contributed by atoms with E-state index in [0.29, 0.717) is 0 Å². The molecule has 0 radical (unpaired) electrons. The normalized spacial score (nSPS) is 12.2. The molecule has 0 aliphatic heterocycles. The van der Waals surface area contributed by atoms with Gasteiger partial charge in [-0.05, 0) is 29.4 Å². The minimum absolute atomic E-state index is 0.259. The van der Waals surface area contributed by atoms with Crippen LogP contribution in [0.2, 0.25) is 0 Å². The van der Waals surface area contributed by atoms with E-state index in [9.17, 15) is 35.1 Å². The molecule has 0 atom stereocenters. The Bertz CT molecular complexity index is 876. The highest BCUT2D eigenvalue weighted by molar-refractivity contribution is 7.94. The second-order valence-electron chi connectivity index (χ2n) is 4.86. The summed E-state index contributed by atoms with van der Waals surface area (Å²) in [5.41, 5.74) is -2.04. The van der Waals surface area contributed by atoms with Gasteiger partial charge in [0.15, 0.2) is 29.0 Å². The van der Waals surface area contributed by atoms with Crippen LogP contribution in [-0.4, -0.2) is 19.0 Å². The molecule has 0 spiro atoms. The molecule has 2 aromatic rings. The molecule has 0 aromatic heterocycles. The Balaban J connectivity index is 2.07. The van der Waals surface area contributed by atoms with E-state index >= 15 is 0 Å². The lowest BCUT2D eigenvalue weighted by molar-refractivity contribution is -0.462. The number of alkyl halides is 3. The van der Waals surface area contributed by atoms with Crippen LogP contribution in [-0.2, 0) is 14.4 Å². The van der Waals surface area contributed by atoms with E-state index in [1.165, 1.54) is 19.2 Å². The molecule has 0 N–H and O–H groups in total. The number of oxime groups is 1. The Morgan fingerprint density at radius 2 is 1.38 bits per heavy atom. The average molecular weight is 449 g/mol. The molecule has 5 nitrogen and oxygen atoms in total. The zero-order chi connectivity index (χ0) is 21.8. The molecular formula is C15H7F8NO4S. The maximum Gasteiger partial charge on any atom is 0.437 e. The first-order chi connectivity index (χ1) is 13.6. The molecule has 0 aliphatic rings. The van der Waals surface area contributed by atoms with Crippen LogP contribution < -0.4 is 4.74 Å². The van der Waals surface area contributed by atoms with Gasteiger partial charge in [-0.1, -0.05) is 0 Å². The van der Waals surface area contributed by atoms with Crippen molar-refractivity contribution in [1.29, 1.82) is 0 Å². The first-order valence-electron chi connectivity index (χ1n) is 7.06. The number of halogens is 8. The third kappa shape index (κ3) is 5.27.